The van der Waals surface area contributed by atoms with E-state index in [2.05, 4.69) is 31.4 Å². The van der Waals surface area contributed by atoms with Gasteiger partial charge in [0.05, 0.1) is 6.54 Å². The first kappa shape index (κ1) is 13.5. The molecular formula is C13H26N2O. The lowest BCUT2D eigenvalue weighted by Crippen LogP contribution is -2.42. The van der Waals surface area contributed by atoms with E-state index in [9.17, 15) is 4.79 Å². The predicted molar refractivity (Wildman–Crippen MR) is 67.3 cm³/mol. The molecule has 1 saturated carbocycles. The van der Waals surface area contributed by atoms with Gasteiger partial charge in [0.2, 0.25) is 5.91 Å². The molecule has 2 atom stereocenters. The first-order valence-electron chi connectivity index (χ1n) is 6.68. The molecule has 0 aromatic rings. The zero-order valence-corrected chi connectivity index (χ0v) is 10.9. The fourth-order valence-corrected chi connectivity index (χ4v) is 2.40. The van der Waals surface area contributed by atoms with Crippen LogP contribution in [0.4, 0.5) is 0 Å². The highest BCUT2D eigenvalue weighted by molar-refractivity contribution is 5.78. The molecule has 0 bridgehead atoms. The van der Waals surface area contributed by atoms with Crippen molar-refractivity contribution in [1.82, 2.24) is 10.6 Å². The average molecular weight is 226 g/mol. The summed E-state index contributed by atoms with van der Waals surface area (Å²) in [4.78, 5) is 11.6. The summed E-state index contributed by atoms with van der Waals surface area (Å²) in [6.07, 6.45) is 5.77. The van der Waals surface area contributed by atoms with E-state index in [0.717, 1.165) is 18.8 Å². The van der Waals surface area contributed by atoms with Crippen molar-refractivity contribution in [3.63, 3.8) is 0 Å². The highest BCUT2D eigenvalue weighted by Gasteiger charge is 2.21. The maximum atomic E-state index is 11.6. The fraction of sp³-hybridized carbons (Fsp3) is 0.923. The number of hydrogen-bond donors (Lipinski definition) is 2. The van der Waals surface area contributed by atoms with Gasteiger partial charge in [-0.2, -0.15) is 0 Å². The van der Waals surface area contributed by atoms with Crippen LogP contribution >= 0.6 is 0 Å². The second-order valence-electron chi connectivity index (χ2n) is 5.08. The SMILES string of the molecule is CCC(CC)NC(=O)CNC1CCC(C)C1. The van der Waals surface area contributed by atoms with E-state index in [4.69, 9.17) is 0 Å². The van der Waals surface area contributed by atoms with Crippen LogP contribution in [0.5, 0.6) is 0 Å². The normalized spacial score (nSPS) is 25.0. The molecule has 2 N–H and O–H groups in total. The molecule has 94 valence electrons. The van der Waals surface area contributed by atoms with Crippen LogP contribution in [0.2, 0.25) is 0 Å². The Morgan fingerprint density at radius 1 is 1.31 bits per heavy atom. The minimum absolute atomic E-state index is 0.147. The Kier molecular flexibility index (Phi) is 5.81. The van der Waals surface area contributed by atoms with Crippen LogP contribution in [0.25, 0.3) is 0 Å². The van der Waals surface area contributed by atoms with Gasteiger partial charge in [-0.05, 0) is 38.0 Å². The molecular weight excluding hydrogens is 200 g/mol. The zero-order chi connectivity index (χ0) is 12.0. The van der Waals surface area contributed by atoms with E-state index < -0.39 is 0 Å². The minimum atomic E-state index is 0.147. The molecule has 3 nitrogen and oxygen atoms in total. The second kappa shape index (κ2) is 6.89. The number of carbonyl (C=O) groups is 1. The molecule has 1 fully saturated rings. The van der Waals surface area contributed by atoms with E-state index >= 15 is 0 Å². The van der Waals surface area contributed by atoms with Crippen molar-refractivity contribution in [1.29, 1.82) is 0 Å². The topological polar surface area (TPSA) is 41.1 Å². The molecule has 3 heteroatoms. The number of carbonyl (C=O) groups excluding carboxylic acids is 1. The number of amides is 1. The Labute approximate surface area is 99.4 Å². The maximum absolute atomic E-state index is 11.6. The third kappa shape index (κ3) is 4.52. The Hall–Kier alpha value is -0.570. The second-order valence-corrected chi connectivity index (χ2v) is 5.08. The van der Waals surface area contributed by atoms with E-state index in [-0.39, 0.29) is 5.91 Å². The number of nitrogens with one attached hydrogen (secondary N) is 2. The molecule has 0 aliphatic heterocycles. The van der Waals surface area contributed by atoms with E-state index in [1.807, 2.05) is 0 Å². The van der Waals surface area contributed by atoms with E-state index in [1.165, 1.54) is 19.3 Å². The van der Waals surface area contributed by atoms with Gasteiger partial charge in [-0.15, -0.1) is 0 Å². The molecule has 1 amide bonds. The van der Waals surface area contributed by atoms with Crippen LogP contribution in [0.3, 0.4) is 0 Å². The van der Waals surface area contributed by atoms with Crippen LogP contribution in [-0.2, 0) is 4.79 Å². The van der Waals surface area contributed by atoms with Gasteiger partial charge in [0.1, 0.15) is 0 Å². The zero-order valence-electron chi connectivity index (χ0n) is 10.9. The molecule has 0 aromatic carbocycles. The van der Waals surface area contributed by atoms with Crippen LogP contribution in [-0.4, -0.2) is 24.5 Å². The lowest BCUT2D eigenvalue weighted by molar-refractivity contribution is -0.121. The molecule has 0 aromatic heterocycles. The van der Waals surface area contributed by atoms with Crippen molar-refractivity contribution in [2.75, 3.05) is 6.54 Å². The van der Waals surface area contributed by atoms with Crippen molar-refractivity contribution >= 4 is 5.91 Å². The quantitative estimate of drug-likeness (QED) is 0.728. The average Bonchev–Trinajstić information content (AvgIpc) is 2.69. The molecule has 0 spiro atoms. The summed E-state index contributed by atoms with van der Waals surface area (Å²) in [5.41, 5.74) is 0. The van der Waals surface area contributed by atoms with Gasteiger partial charge in [0.15, 0.2) is 0 Å². The Balaban J connectivity index is 2.14. The van der Waals surface area contributed by atoms with Gasteiger partial charge in [0.25, 0.3) is 0 Å². The molecule has 2 unspecified atom stereocenters. The molecule has 1 aliphatic carbocycles. The monoisotopic (exact) mass is 226 g/mol. The Morgan fingerprint density at radius 3 is 2.50 bits per heavy atom. The summed E-state index contributed by atoms with van der Waals surface area (Å²) in [7, 11) is 0. The van der Waals surface area contributed by atoms with Gasteiger partial charge < -0.3 is 10.6 Å². The van der Waals surface area contributed by atoms with Gasteiger partial charge in [-0.1, -0.05) is 20.8 Å². The van der Waals surface area contributed by atoms with Crippen LogP contribution in [0.15, 0.2) is 0 Å². The third-order valence-electron chi connectivity index (χ3n) is 3.60. The van der Waals surface area contributed by atoms with E-state index in [0.29, 0.717) is 18.6 Å². The largest absolute Gasteiger partial charge is 0.352 e. The molecule has 1 aliphatic rings. The summed E-state index contributed by atoms with van der Waals surface area (Å²) >= 11 is 0. The standard InChI is InChI=1S/C13H26N2O/c1-4-11(5-2)15-13(16)9-14-12-7-6-10(3)8-12/h10-12,14H,4-9H2,1-3H3,(H,15,16). The first-order valence-corrected chi connectivity index (χ1v) is 6.68. The summed E-state index contributed by atoms with van der Waals surface area (Å²) in [5, 5.41) is 6.40. The smallest absolute Gasteiger partial charge is 0.234 e. The Bertz CT molecular complexity index is 214. The third-order valence-corrected chi connectivity index (χ3v) is 3.60. The van der Waals surface area contributed by atoms with Gasteiger partial charge in [0, 0.05) is 12.1 Å². The van der Waals surface area contributed by atoms with Crippen molar-refractivity contribution in [2.24, 2.45) is 5.92 Å². The highest BCUT2D eigenvalue weighted by atomic mass is 16.1. The lowest BCUT2D eigenvalue weighted by atomic mass is 10.1. The lowest BCUT2D eigenvalue weighted by Gasteiger charge is -2.16. The van der Waals surface area contributed by atoms with Crippen LogP contribution in [0.1, 0.15) is 52.9 Å². The summed E-state index contributed by atoms with van der Waals surface area (Å²) in [6, 6.07) is 0.902. The molecule has 1 rings (SSSR count). The number of rotatable bonds is 6. The summed E-state index contributed by atoms with van der Waals surface area (Å²) in [6.45, 7) is 6.99. The van der Waals surface area contributed by atoms with Crippen molar-refractivity contribution < 1.29 is 4.79 Å². The van der Waals surface area contributed by atoms with Crippen molar-refractivity contribution in [3.05, 3.63) is 0 Å². The van der Waals surface area contributed by atoms with Crippen LogP contribution in [0, 0.1) is 5.92 Å². The van der Waals surface area contributed by atoms with Gasteiger partial charge in [-0.3, -0.25) is 4.79 Å². The maximum Gasteiger partial charge on any atom is 0.234 e. The number of hydrogen-bond acceptors (Lipinski definition) is 2. The summed E-state index contributed by atoms with van der Waals surface area (Å²) in [5.74, 6) is 0.966. The first-order chi connectivity index (χ1) is 7.65. The summed E-state index contributed by atoms with van der Waals surface area (Å²) < 4.78 is 0. The highest BCUT2D eigenvalue weighted by Crippen LogP contribution is 2.24. The minimum Gasteiger partial charge on any atom is -0.352 e. The molecule has 0 saturated heterocycles. The molecule has 0 heterocycles. The van der Waals surface area contributed by atoms with E-state index in [1.54, 1.807) is 0 Å². The fourth-order valence-electron chi connectivity index (χ4n) is 2.40. The molecule has 0 radical (unpaired) electrons. The van der Waals surface area contributed by atoms with Crippen molar-refractivity contribution in [2.45, 2.75) is 65.0 Å². The Morgan fingerprint density at radius 2 is 2.00 bits per heavy atom. The van der Waals surface area contributed by atoms with Crippen LogP contribution < -0.4 is 10.6 Å². The van der Waals surface area contributed by atoms with Gasteiger partial charge >= 0.3 is 0 Å². The molecule has 16 heavy (non-hydrogen) atoms. The predicted octanol–water partition coefficient (Wildman–Crippen LogP) is 2.07. The van der Waals surface area contributed by atoms with Gasteiger partial charge in [-0.25, -0.2) is 0 Å². The van der Waals surface area contributed by atoms with Crippen molar-refractivity contribution in [3.8, 4) is 0 Å².